The van der Waals surface area contributed by atoms with Crippen molar-refractivity contribution in [3.8, 4) is 0 Å². The molecule has 1 aliphatic carbocycles. The van der Waals surface area contributed by atoms with Crippen molar-refractivity contribution in [3.05, 3.63) is 34.3 Å². The Bertz CT molecular complexity index is 1050. The summed E-state index contributed by atoms with van der Waals surface area (Å²) in [7, 11) is 0. The fourth-order valence-corrected chi connectivity index (χ4v) is 2.25. The first kappa shape index (κ1) is 8.07. The zero-order valence-corrected chi connectivity index (χ0v) is 10.8. The van der Waals surface area contributed by atoms with E-state index in [1.165, 1.54) is 0 Å². The lowest BCUT2D eigenvalue weighted by molar-refractivity contribution is -0.132. The smallest absolute Gasteiger partial charge is 0.264 e. The van der Waals surface area contributed by atoms with E-state index < -0.39 is 49.3 Å². The van der Waals surface area contributed by atoms with Crippen LogP contribution in [0.25, 0.3) is 10.9 Å². The molecule has 1 fully saturated rings. The first-order chi connectivity index (χ1) is 12.5. The molecule has 0 bridgehead atoms. The van der Waals surface area contributed by atoms with Crippen LogP contribution in [0, 0.1) is 6.90 Å². The highest BCUT2D eigenvalue weighted by Gasteiger charge is 2.30. The van der Waals surface area contributed by atoms with Gasteiger partial charge in [0.1, 0.15) is 11.6 Å². The molecule has 1 aromatic heterocycles. The van der Waals surface area contributed by atoms with Crippen LogP contribution in [0.3, 0.4) is 0 Å². The van der Waals surface area contributed by atoms with Crippen LogP contribution in [-0.4, -0.2) is 21.1 Å². The molecule has 0 radical (unpaired) electrons. The number of aryl methyl sites for hydroxylation is 1. The average Bonchev–Trinajstić information content (AvgIpc) is 2.58. The number of hydrogen-bond donors (Lipinski definition) is 1. The highest BCUT2D eigenvalue weighted by molar-refractivity contribution is 6.03. The van der Waals surface area contributed by atoms with Gasteiger partial charge in [-0.15, -0.1) is 0 Å². The minimum absolute atomic E-state index is 0.170. The van der Waals surface area contributed by atoms with E-state index >= 15 is 0 Å². The number of Topliss-reactive ketones (excluding diaryl/α,β-unsaturated/α-hetero) is 2. The van der Waals surface area contributed by atoms with Crippen molar-refractivity contribution in [3.63, 3.8) is 0 Å². The number of aromatic nitrogens is 2. The van der Waals surface area contributed by atoms with Crippen LogP contribution in [-0.2, 0) is 9.59 Å². The number of hydrogen-bond acceptors (Lipinski definition) is 5. The molecule has 21 heavy (non-hydrogen) atoms. The standard InChI is InChI=1S/C15H15N3O3/c1-8-17-11-4-2-3-10(16)14(11)15(21)18(8)12-6-5-9(19)7-13(12)20/h2-4,12H,5-7,16H2,1H3/i1D,2D,4D,5D,6D2. The molecule has 0 amide bonds. The van der Waals surface area contributed by atoms with E-state index in [9.17, 15) is 14.4 Å². The van der Waals surface area contributed by atoms with Crippen molar-refractivity contribution < 1.29 is 17.8 Å². The normalized spacial score (nSPS) is 29.1. The minimum Gasteiger partial charge on any atom is -0.398 e. The molecule has 1 aromatic carbocycles. The topological polar surface area (TPSA) is 95.0 Å². The van der Waals surface area contributed by atoms with Crippen LogP contribution in [0.4, 0.5) is 5.69 Å². The SMILES string of the molecule is [2H]Cc1nc2c([2H])c([2H])cc(N)c2c(=O)n1C1C(=O)CC(=O)C([2H])C1([2H])[2H]. The monoisotopic (exact) mass is 291 g/mol. The first-order valence-corrected chi connectivity index (χ1v) is 6.10. The molecule has 1 heterocycles. The maximum absolute atomic E-state index is 13.1. The van der Waals surface area contributed by atoms with E-state index in [4.69, 9.17) is 14.0 Å². The zero-order chi connectivity index (χ0) is 20.3. The van der Waals surface area contributed by atoms with Crippen LogP contribution in [0.1, 0.15) is 39.3 Å². The Hall–Kier alpha value is -2.50. The van der Waals surface area contributed by atoms with Crippen molar-refractivity contribution >= 4 is 28.2 Å². The lowest BCUT2D eigenvalue weighted by atomic mass is 9.92. The molecule has 2 unspecified atom stereocenters. The molecule has 108 valence electrons. The Balaban J connectivity index is 2.41. The zero-order valence-electron chi connectivity index (χ0n) is 16.8. The number of rotatable bonds is 1. The Morgan fingerprint density at radius 2 is 2.33 bits per heavy atom. The number of nitrogen functional groups attached to an aromatic ring is 1. The Labute approximate surface area is 129 Å². The molecule has 0 saturated heterocycles. The van der Waals surface area contributed by atoms with Crippen molar-refractivity contribution in [1.82, 2.24) is 9.55 Å². The van der Waals surface area contributed by atoms with E-state index in [2.05, 4.69) is 4.98 Å². The summed E-state index contributed by atoms with van der Waals surface area (Å²) in [6.07, 6.45) is -5.27. The summed E-state index contributed by atoms with van der Waals surface area (Å²) in [6.45, 7) is -0.622. The van der Waals surface area contributed by atoms with E-state index in [1.807, 2.05) is 0 Å². The second-order valence-electron chi connectivity index (χ2n) is 4.62. The Morgan fingerprint density at radius 3 is 3.10 bits per heavy atom. The molecular formula is C15H15N3O3. The molecule has 0 aliphatic heterocycles. The molecule has 6 heteroatoms. The number of ketones is 2. The van der Waals surface area contributed by atoms with Crippen LogP contribution < -0.4 is 11.3 Å². The van der Waals surface area contributed by atoms with E-state index in [0.29, 0.717) is 4.57 Å². The number of nitrogens with zero attached hydrogens (tertiary/aromatic N) is 2. The van der Waals surface area contributed by atoms with Crippen LogP contribution in [0.2, 0.25) is 0 Å². The van der Waals surface area contributed by atoms with Gasteiger partial charge in [-0.05, 0) is 25.4 Å². The van der Waals surface area contributed by atoms with Crippen LogP contribution in [0.15, 0.2) is 22.9 Å². The van der Waals surface area contributed by atoms with E-state index in [0.717, 1.165) is 6.07 Å². The van der Waals surface area contributed by atoms with E-state index in [1.54, 1.807) is 0 Å². The van der Waals surface area contributed by atoms with Crippen molar-refractivity contribution in [2.24, 2.45) is 0 Å². The van der Waals surface area contributed by atoms with Gasteiger partial charge in [0.05, 0.1) is 26.1 Å². The number of benzene rings is 1. The van der Waals surface area contributed by atoms with Gasteiger partial charge < -0.3 is 5.73 Å². The number of anilines is 1. The third kappa shape index (κ3) is 2.12. The van der Waals surface area contributed by atoms with Gasteiger partial charge in [-0.1, -0.05) is 6.04 Å². The highest BCUT2D eigenvalue weighted by Crippen LogP contribution is 2.24. The largest absolute Gasteiger partial charge is 0.398 e. The third-order valence-corrected chi connectivity index (χ3v) is 3.21. The average molecular weight is 291 g/mol. The predicted molar refractivity (Wildman–Crippen MR) is 78.1 cm³/mol. The number of fused-ring (bicyclic) bond motifs is 1. The molecular weight excluding hydrogens is 270 g/mol. The molecule has 6 nitrogen and oxygen atoms in total. The summed E-state index contributed by atoms with van der Waals surface area (Å²) in [5.74, 6) is -2.09. The minimum atomic E-state index is -2.69. The van der Waals surface area contributed by atoms with Crippen LogP contribution >= 0.6 is 0 Å². The molecule has 2 atom stereocenters. The number of carbonyl (C=O) groups excluding carboxylic acids is 2. The maximum atomic E-state index is 13.1. The molecule has 2 aromatic rings. The van der Waals surface area contributed by atoms with Crippen molar-refractivity contribution in [2.75, 3.05) is 5.73 Å². The molecule has 3 rings (SSSR count). The summed E-state index contributed by atoms with van der Waals surface area (Å²) < 4.78 is 47.9. The Morgan fingerprint density at radius 1 is 1.52 bits per heavy atom. The van der Waals surface area contributed by atoms with Gasteiger partial charge in [0.15, 0.2) is 5.78 Å². The van der Waals surface area contributed by atoms with Gasteiger partial charge in [0.2, 0.25) is 0 Å². The molecule has 2 N–H and O–H groups in total. The van der Waals surface area contributed by atoms with Gasteiger partial charge in [-0.25, -0.2) is 4.98 Å². The van der Waals surface area contributed by atoms with Gasteiger partial charge in [0.25, 0.3) is 5.56 Å². The third-order valence-electron chi connectivity index (χ3n) is 3.21. The van der Waals surface area contributed by atoms with Gasteiger partial charge in [-0.2, -0.15) is 0 Å². The van der Waals surface area contributed by atoms with Gasteiger partial charge in [-0.3, -0.25) is 19.0 Å². The fraction of sp³-hybridized carbons (Fsp3) is 0.333. The quantitative estimate of drug-likeness (QED) is 0.628. The summed E-state index contributed by atoms with van der Waals surface area (Å²) >= 11 is 0. The summed E-state index contributed by atoms with van der Waals surface area (Å²) in [4.78, 5) is 41.2. The summed E-state index contributed by atoms with van der Waals surface area (Å²) in [5, 5.41) is -0.268. The van der Waals surface area contributed by atoms with E-state index in [-0.39, 0.29) is 34.5 Å². The van der Waals surface area contributed by atoms with Crippen molar-refractivity contribution in [2.45, 2.75) is 32.1 Å². The molecule has 1 saturated carbocycles. The fourth-order valence-electron chi connectivity index (χ4n) is 2.25. The van der Waals surface area contributed by atoms with Crippen LogP contribution in [0.5, 0.6) is 0 Å². The molecule has 0 spiro atoms. The number of nitrogens with two attached hydrogens (primary N) is 1. The Kier molecular flexibility index (Phi) is 1.84. The van der Waals surface area contributed by atoms with Gasteiger partial charge >= 0.3 is 0 Å². The van der Waals surface area contributed by atoms with Crippen molar-refractivity contribution in [1.29, 1.82) is 0 Å². The lowest BCUT2D eigenvalue weighted by Gasteiger charge is -2.24. The predicted octanol–water partition coefficient (Wildman–Crippen LogP) is 1.15. The number of carbonyl (C=O) groups is 2. The maximum Gasteiger partial charge on any atom is 0.264 e. The summed E-state index contributed by atoms with van der Waals surface area (Å²) in [5.41, 5.74) is 4.46. The summed E-state index contributed by atoms with van der Waals surface area (Å²) in [6, 6.07) is -1.40. The molecule has 1 aliphatic rings. The van der Waals surface area contributed by atoms with Gasteiger partial charge in [0, 0.05) is 17.6 Å². The lowest BCUT2D eigenvalue weighted by Crippen LogP contribution is -2.36. The highest BCUT2D eigenvalue weighted by atomic mass is 16.2. The second-order valence-corrected chi connectivity index (χ2v) is 4.62. The first-order valence-electron chi connectivity index (χ1n) is 9.38. The second kappa shape index (κ2) is 4.80.